The molecular weight excluding hydrogens is 335 g/mol. The molecule has 0 radical (unpaired) electrons. The molecule has 2 rings (SSSR count). The first kappa shape index (κ1) is 17.6. The summed E-state index contributed by atoms with van der Waals surface area (Å²) in [4.78, 5) is 0. The summed E-state index contributed by atoms with van der Waals surface area (Å²) in [6.07, 6.45) is -4.08. The zero-order valence-corrected chi connectivity index (χ0v) is 16.5. The van der Waals surface area contributed by atoms with Crippen molar-refractivity contribution in [3.05, 3.63) is 53.2 Å². The van der Waals surface area contributed by atoms with Crippen molar-refractivity contribution in [3.8, 4) is 11.3 Å². The molecule has 0 spiro atoms. The van der Waals surface area contributed by atoms with Crippen LogP contribution in [0.4, 0.5) is 13.2 Å². The van der Waals surface area contributed by atoms with Gasteiger partial charge in [0.1, 0.15) is 7.05 Å². The molecule has 0 atom stereocenters. The van der Waals surface area contributed by atoms with Crippen molar-refractivity contribution in [2.45, 2.75) is 59.5 Å². The maximum atomic E-state index is 13.4. The van der Waals surface area contributed by atoms with Crippen LogP contribution in [0.2, 0.25) is 0 Å². The fourth-order valence-electron chi connectivity index (χ4n) is 2.90. The fourth-order valence-corrected chi connectivity index (χ4v) is 2.90. The Morgan fingerprint density at radius 3 is 2.08 bits per heavy atom. The number of benzene rings is 1. The number of pyridine rings is 1. The molecule has 2 aromatic rings. The first-order valence-corrected chi connectivity index (χ1v) is 8.68. The molecule has 0 bridgehead atoms. The number of rotatable bonds is 3. The van der Waals surface area contributed by atoms with Gasteiger partial charge in [0, 0.05) is 19.9 Å². The lowest BCUT2D eigenvalue weighted by molar-refractivity contribution is -0.660. The lowest BCUT2D eigenvalue weighted by atomic mass is 9.82. The first-order valence-electron chi connectivity index (χ1n) is 9.68. The third-order valence-corrected chi connectivity index (χ3v) is 4.59. The van der Waals surface area contributed by atoms with E-state index in [1.165, 1.54) is 19.9 Å². The Morgan fingerprint density at radius 2 is 1.62 bits per heavy atom. The fraction of sp³-hybridized carbons (Fsp3) is 0.500. The molecule has 26 heavy (non-hydrogen) atoms. The Kier molecular flexibility index (Phi) is 4.54. The summed E-state index contributed by atoms with van der Waals surface area (Å²) in [5.74, 6) is 0. The second-order valence-electron chi connectivity index (χ2n) is 8.44. The highest BCUT2D eigenvalue weighted by atomic mass is 19.4. The van der Waals surface area contributed by atoms with Gasteiger partial charge in [-0.25, -0.2) is 4.57 Å². The first-order chi connectivity index (χ1) is 12.5. The maximum Gasteiger partial charge on any atom is 0.397 e. The molecule has 0 fully saturated rings. The van der Waals surface area contributed by atoms with Gasteiger partial charge in [-0.1, -0.05) is 32.9 Å². The summed E-state index contributed by atoms with van der Waals surface area (Å²) in [5, 5.41) is 0. The van der Waals surface area contributed by atoms with Crippen LogP contribution in [-0.4, -0.2) is 6.18 Å². The Balaban J connectivity index is 2.50. The molecule has 0 aliphatic carbocycles. The lowest BCUT2D eigenvalue weighted by Gasteiger charge is -2.28. The minimum Gasteiger partial charge on any atom is -0.201 e. The molecule has 1 heterocycles. The number of alkyl halides is 3. The number of halogens is 3. The summed E-state index contributed by atoms with van der Waals surface area (Å²) in [7, 11) is 1.82. The topological polar surface area (TPSA) is 3.88 Å². The molecule has 0 saturated carbocycles. The second kappa shape index (κ2) is 6.71. The minimum absolute atomic E-state index is 0.226. The third-order valence-electron chi connectivity index (χ3n) is 4.59. The number of aryl methyl sites for hydroxylation is 2. The van der Waals surface area contributed by atoms with Gasteiger partial charge in [-0.05, 0) is 55.8 Å². The number of aromatic nitrogens is 1. The minimum atomic E-state index is -4.33. The van der Waals surface area contributed by atoms with Crippen molar-refractivity contribution >= 4 is 0 Å². The smallest absolute Gasteiger partial charge is 0.201 e. The summed E-state index contributed by atoms with van der Waals surface area (Å²) < 4.78 is 58.8. The van der Waals surface area contributed by atoms with Crippen LogP contribution in [0.15, 0.2) is 36.5 Å². The van der Waals surface area contributed by atoms with Crippen molar-refractivity contribution in [3.63, 3.8) is 0 Å². The van der Waals surface area contributed by atoms with Crippen LogP contribution in [0, 0.1) is 12.3 Å². The predicted octanol–water partition coefficient (Wildman–Crippen LogP) is 5.92. The van der Waals surface area contributed by atoms with Gasteiger partial charge in [-0.15, -0.1) is 0 Å². The van der Waals surface area contributed by atoms with E-state index >= 15 is 0 Å². The van der Waals surface area contributed by atoms with Crippen LogP contribution in [-0.2, 0) is 18.8 Å². The molecule has 0 saturated heterocycles. The van der Waals surface area contributed by atoms with Gasteiger partial charge < -0.3 is 0 Å². The van der Waals surface area contributed by atoms with Crippen LogP contribution in [0.1, 0.15) is 54.1 Å². The quantitative estimate of drug-likeness (QED) is 0.594. The molecule has 0 aliphatic rings. The van der Waals surface area contributed by atoms with Gasteiger partial charge in [0.05, 0.1) is 5.41 Å². The van der Waals surface area contributed by atoms with Crippen LogP contribution in [0.5, 0.6) is 0 Å². The standard InChI is InChI=1S/C22H29F3N/c1-15-12-17(21(5,6)22(23,24)25)9-10-18(15)19-11-8-16(14-26(19)7)13-20(2,3)4/h8-12,14H,13H2,1-7H3/q+1/i13D2. The molecule has 0 N–H and O–H groups in total. The normalized spacial score (nSPS) is 14.8. The number of hydrogen-bond acceptors (Lipinski definition) is 0. The Hall–Kier alpha value is -1.84. The van der Waals surface area contributed by atoms with E-state index in [4.69, 9.17) is 2.74 Å². The van der Waals surface area contributed by atoms with Crippen LogP contribution in [0.3, 0.4) is 0 Å². The van der Waals surface area contributed by atoms with Crippen LogP contribution in [0.25, 0.3) is 11.3 Å². The lowest BCUT2D eigenvalue weighted by Crippen LogP contribution is -2.36. The van der Waals surface area contributed by atoms with Crippen molar-refractivity contribution in [2.24, 2.45) is 12.5 Å². The van der Waals surface area contributed by atoms with Crippen LogP contribution >= 0.6 is 0 Å². The van der Waals surface area contributed by atoms with E-state index in [0.29, 0.717) is 5.56 Å². The van der Waals surface area contributed by atoms with Gasteiger partial charge >= 0.3 is 6.18 Å². The van der Waals surface area contributed by atoms with Gasteiger partial charge in [0.15, 0.2) is 6.20 Å². The van der Waals surface area contributed by atoms with Gasteiger partial charge in [0.2, 0.25) is 5.69 Å². The molecule has 0 aliphatic heterocycles. The highest BCUT2D eigenvalue weighted by Gasteiger charge is 2.48. The third kappa shape index (κ3) is 4.28. The highest BCUT2D eigenvalue weighted by molar-refractivity contribution is 5.62. The Morgan fingerprint density at radius 1 is 1.00 bits per heavy atom. The molecule has 142 valence electrons. The van der Waals surface area contributed by atoms with Crippen molar-refractivity contribution in [1.82, 2.24) is 0 Å². The Labute approximate surface area is 157 Å². The molecule has 1 aromatic heterocycles. The predicted molar refractivity (Wildman–Crippen MR) is 100 cm³/mol. The van der Waals surface area contributed by atoms with E-state index in [2.05, 4.69) is 0 Å². The molecule has 4 heteroatoms. The largest absolute Gasteiger partial charge is 0.397 e. The molecular formula is C22H29F3N+. The maximum absolute atomic E-state index is 13.4. The average Bonchev–Trinajstić information content (AvgIpc) is 2.53. The summed E-state index contributed by atoms with van der Waals surface area (Å²) in [6, 6.07) is 8.41. The molecule has 1 nitrogen and oxygen atoms in total. The van der Waals surface area contributed by atoms with E-state index in [1.807, 2.05) is 38.5 Å². The average molecular weight is 366 g/mol. The molecule has 0 unspecified atom stereocenters. The van der Waals surface area contributed by atoms with E-state index in [0.717, 1.165) is 16.8 Å². The zero-order valence-electron chi connectivity index (χ0n) is 18.5. The van der Waals surface area contributed by atoms with Crippen molar-refractivity contribution in [2.75, 3.05) is 0 Å². The van der Waals surface area contributed by atoms with Crippen LogP contribution < -0.4 is 4.57 Å². The summed E-state index contributed by atoms with van der Waals surface area (Å²) >= 11 is 0. The highest BCUT2D eigenvalue weighted by Crippen LogP contribution is 2.41. The van der Waals surface area contributed by atoms with E-state index in [1.54, 1.807) is 31.3 Å². The van der Waals surface area contributed by atoms with E-state index in [-0.39, 0.29) is 5.56 Å². The van der Waals surface area contributed by atoms with E-state index in [9.17, 15) is 13.2 Å². The number of hydrogen-bond donors (Lipinski definition) is 0. The summed E-state index contributed by atoms with van der Waals surface area (Å²) in [5.41, 5.74) is 0.697. The van der Waals surface area contributed by atoms with E-state index < -0.39 is 23.4 Å². The SMILES string of the molecule is [2H]C([2H])(c1ccc(-c2ccc(C(C)(C)C(F)(F)F)cc2C)[n+](C)c1)C(C)(C)C. The Bertz CT molecular complexity index is 805. The van der Waals surface area contributed by atoms with Gasteiger partial charge in [-0.3, -0.25) is 0 Å². The van der Waals surface area contributed by atoms with Gasteiger partial charge in [-0.2, -0.15) is 13.2 Å². The van der Waals surface area contributed by atoms with Gasteiger partial charge in [0.25, 0.3) is 0 Å². The van der Waals surface area contributed by atoms with Crippen molar-refractivity contribution < 1.29 is 20.5 Å². The molecule has 1 aromatic carbocycles. The molecule has 0 amide bonds. The zero-order chi connectivity index (χ0) is 21.7. The summed E-state index contributed by atoms with van der Waals surface area (Å²) in [6.45, 7) is 9.73. The second-order valence-corrected chi connectivity index (χ2v) is 8.44. The van der Waals surface area contributed by atoms with Crippen molar-refractivity contribution in [1.29, 1.82) is 0 Å². The number of nitrogens with zero attached hydrogens (tertiary/aromatic N) is 1. The monoisotopic (exact) mass is 366 g/mol.